The molecule has 0 aliphatic heterocycles. The topological polar surface area (TPSA) is 55.4 Å². The number of hydrogen-bond donors (Lipinski definition) is 0. The van der Waals surface area contributed by atoms with Crippen LogP contribution in [0.15, 0.2) is 45.8 Å². The van der Waals surface area contributed by atoms with Crippen molar-refractivity contribution < 1.29 is 28.4 Å². The van der Waals surface area contributed by atoms with Gasteiger partial charge in [-0.05, 0) is 24.1 Å². The summed E-state index contributed by atoms with van der Waals surface area (Å²) in [6.45, 7) is 2.04. The van der Waals surface area contributed by atoms with Gasteiger partial charge in [-0.25, -0.2) is 0 Å². The van der Waals surface area contributed by atoms with Crippen LogP contribution in [0.25, 0.3) is 0 Å². The van der Waals surface area contributed by atoms with Crippen molar-refractivity contribution in [2.75, 3.05) is 48.0 Å². The average Bonchev–Trinajstić information content (AvgIpc) is 2.70. The quantitative estimate of drug-likeness (QED) is 0.532. The molecule has 0 radical (unpaired) electrons. The molecule has 7 heteroatoms. The zero-order chi connectivity index (χ0) is 20.1. The molecule has 6 nitrogen and oxygen atoms in total. The molecule has 0 fully saturated rings. The van der Waals surface area contributed by atoms with Crippen LogP contribution in [-0.2, 0) is 28.4 Å². The highest BCUT2D eigenvalue weighted by molar-refractivity contribution is 9.09. The summed E-state index contributed by atoms with van der Waals surface area (Å²) in [6, 6.07) is 0. The van der Waals surface area contributed by atoms with Crippen molar-refractivity contribution in [3.63, 3.8) is 0 Å². The Bertz CT molecular complexity index is 676. The maximum atomic E-state index is 5.87. The lowest BCUT2D eigenvalue weighted by molar-refractivity contribution is -0.0243. The van der Waals surface area contributed by atoms with Gasteiger partial charge in [-0.2, -0.15) is 0 Å². The molecule has 0 spiro atoms. The lowest BCUT2D eigenvalue weighted by Gasteiger charge is -2.38. The molecule has 0 bridgehead atoms. The first-order valence-electron chi connectivity index (χ1n) is 8.70. The Labute approximate surface area is 169 Å². The van der Waals surface area contributed by atoms with Gasteiger partial charge < -0.3 is 28.4 Å². The number of alkyl halides is 1. The van der Waals surface area contributed by atoms with Gasteiger partial charge in [0.05, 0.1) is 28.4 Å². The van der Waals surface area contributed by atoms with E-state index in [1.165, 1.54) is 0 Å². The average molecular weight is 445 g/mol. The maximum Gasteiger partial charge on any atom is 0.199 e. The zero-order valence-corrected chi connectivity index (χ0v) is 18.6. The van der Waals surface area contributed by atoms with E-state index in [1.54, 1.807) is 42.7 Å². The minimum Gasteiger partial charge on any atom is -0.498 e. The molecule has 2 rings (SSSR count). The predicted octanol–water partition coefficient (Wildman–Crippen LogP) is 3.70. The molecule has 0 heterocycles. The van der Waals surface area contributed by atoms with E-state index in [9.17, 15) is 0 Å². The van der Waals surface area contributed by atoms with Crippen molar-refractivity contribution in [3.8, 4) is 0 Å². The number of methoxy groups -OCH3 is 6. The van der Waals surface area contributed by atoms with Crippen molar-refractivity contribution in [1.29, 1.82) is 0 Å². The van der Waals surface area contributed by atoms with E-state index in [0.29, 0.717) is 17.9 Å². The molecule has 3 unspecified atom stereocenters. The summed E-state index contributed by atoms with van der Waals surface area (Å²) in [5, 5.41) is 0.741. The van der Waals surface area contributed by atoms with Gasteiger partial charge in [-0.3, -0.25) is 0 Å². The standard InChI is InChI=1S/C20H29BrO6/c1-11-8-13(22-2)17(24-4)19(26-6)15(11)16-12(10-21)9-14(23-3)18(25-5)20(16)27-7/h8,12,17,19H,9-10H2,1-7H3. The molecule has 0 amide bonds. The Balaban J connectivity index is 2.77. The van der Waals surface area contributed by atoms with Gasteiger partial charge in [0.2, 0.25) is 0 Å². The summed E-state index contributed by atoms with van der Waals surface area (Å²) < 4.78 is 34.1. The Morgan fingerprint density at radius 2 is 1.48 bits per heavy atom. The summed E-state index contributed by atoms with van der Waals surface area (Å²) in [6.07, 6.45) is 2.00. The van der Waals surface area contributed by atoms with Gasteiger partial charge in [0.15, 0.2) is 11.5 Å². The molecule has 27 heavy (non-hydrogen) atoms. The fourth-order valence-electron chi connectivity index (χ4n) is 3.83. The van der Waals surface area contributed by atoms with Gasteiger partial charge >= 0.3 is 0 Å². The number of rotatable bonds is 8. The Kier molecular flexibility index (Phi) is 7.82. The molecule has 3 atom stereocenters. The molecule has 2 aliphatic carbocycles. The van der Waals surface area contributed by atoms with Crippen molar-refractivity contribution in [2.24, 2.45) is 5.92 Å². The van der Waals surface area contributed by atoms with Gasteiger partial charge in [0.25, 0.3) is 0 Å². The summed E-state index contributed by atoms with van der Waals surface area (Å²) in [5.74, 6) is 2.90. The second kappa shape index (κ2) is 9.66. The second-order valence-corrected chi connectivity index (χ2v) is 6.97. The molecular weight excluding hydrogens is 416 g/mol. The van der Waals surface area contributed by atoms with Crippen molar-refractivity contribution >= 4 is 15.9 Å². The third-order valence-corrected chi connectivity index (χ3v) is 5.82. The second-order valence-electron chi connectivity index (χ2n) is 6.32. The van der Waals surface area contributed by atoms with E-state index in [1.807, 2.05) is 13.0 Å². The summed E-state index contributed by atoms with van der Waals surface area (Å²) in [4.78, 5) is 0. The Morgan fingerprint density at radius 1 is 0.852 bits per heavy atom. The number of ether oxygens (including phenoxy) is 6. The Morgan fingerprint density at radius 3 is 1.93 bits per heavy atom. The van der Waals surface area contributed by atoms with Crippen LogP contribution < -0.4 is 0 Å². The smallest absolute Gasteiger partial charge is 0.199 e. The Hall–Kier alpha value is -1.44. The SMILES string of the molecule is COC1=CC(C)=C(C2=C(OC)C(OC)=C(OC)CC2CBr)C(OC)C1OC. The highest BCUT2D eigenvalue weighted by atomic mass is 79.9. The zero-order valence-electron chi connectivity index (χ0n) is 17.1. The molecule has 2 aliphatic rings. The first-order chi connectivity index (χ1) is 13.0. The van der Waals surface area contributed by atoms with Crippen LogP contribution in [0, 0.1) is 5.92 Å². The fraction of sp³-hybridized carbons (Fsp3) is 0.600. The highest BCUT2D eigenvalue weighted by Crippen LogP contribution is 2.45. The van der Waals surface area contributed by atoms with Crippen molar-refractivity contribution in [2.45, 2.75) is 25.6 Å². The van der Waals surface area contributed by atoms with Gasteiger partial charge in [-0.1, -0.05) is 15.9 Å². The highest BCUT2D eigenvalue weighted by Gasteiger charge is 2.41. The minimum absolute atomic E-state index is 0.131. The number of halogens is 1. The molecule has 0 saturated carbocycles. The fourth-order valence-corrected chi connectivity index (χ4v) is 4.38. The van der Waals surface area contributed by atoms with E-state index in [-0.39, 0.29) is 18.1 Å². The van der Waals surface area contributed by atoms with E-state index in [0.717, 1.165) is 33.6 Å². The van der Waals surface area contributed by atoms with Crippen LogP contribution in [0.1, 0.15) is 13.3 Å². The summed E-state index contributed by atoms with van der Waals surface area (Å²) in [7, 11) is 9.88. The van der Waals surface area contributed by atoms with E-state index < -0.39 is 0 Å². The monoisotopic (exact) mass is 444 g/mol. The molecule has 0 aromatic rings. The van der Waals surface area contributed by atoms with Crippen LogP contribution in [-0.4, -0.2) is 60.2 Å². The number of allylic oxidation sites excluding steroid dienone is 3. The maximum absolute atomic E-state index is 5.87. The molecule has 0 N–H and O–H groups in total. The summed E-state index contributed by atoms with van der Waals surface area (Å²) in [5.41, 5.74) is 3.10. The number of hydrogen-bond acceptors (Lipinski definition) is 6. The van der Waals surface area contributed by atoms with Crippen molar-refractivity contribution in [1.82, 2.24) is 0 Å². The predicted molar refractivity (Wildman–Crippen MR) is 106 cm³/mol. The van der Waals surface area contributed by atoms with Gasteiger partial charge in [0.1, 0.15) is 23.7 Å². The molecule has 0 aromatic carbocycles. The first-order valence-corrected chi connectivity index (χ1v) is 9.82. The molecule has 0 aromatic heterocycles. The molecule has 152 valence electrons. The third kappa shape index (κ3) is 3.91. The van der Waals surface area contributed by atoms with E-state index in [2.05, 4.69) is 15.9 Å². The molecule has 0 saturated heterocycles. The van der Waals surface area contributed by atoms with Crippen LogP contribution in [0.3, 0.4) is 0 Å². The van der Waals surface area contributed by atoms with Crippen LogP contribution in [0.4, 0.5) is 0 Å². The van der Waals surface area contributed by atoms with Gasteiger partial charge in [-0.15, -0.1) is 0 Å². The van der Waals surface area contributed by atoms with E-state index >= 15 is 0 Å². The van der Waals surface area contributed by atoms with Crippen LogP contribution >= 0.6 is 15.9 Å². The van der Waals surface area contributed by atoms with Crippen LogP contribution in [0.2, 0.25) is 0 Å². The summed E-state index contributed by atoms with van der Waals surface area (Å²) >= 11 is 3.65. The molecular formula is C20H29BrO6. The van der Waals surface area contributed by atoms with E-state index in [4.69, 9.17) is 28.4 Å². The largest absolute Gasteiger partial charge is 0.498 e. The minimum atomic E-state index is -0.348. The lowest BCUT2D eigenvalue weighted by Crippen LogP contribution is -2.39. The lowest BCUT2D eigenvalue weighted by atomic mass is 9.78. The normalized spacial score (nSPS) is 26.2. The van der Waals surface area contributed by atoms with Gasteiger partial charge in [0, 0.05) is 37.5 Å². The third-order valence-electron chi connectivity index (χ3n) is 5.04. The first kappa shape index (κ1) is 21.9. The van der Waals surface area contributed by atoms with Crippen LogP contribution in [0.5, 0.6) is 0 Å². The van der Waals surface area contributed by atoms with Crippen molar-refractivity contribution in [3.05, 3.63) is 45.8 Å².